The topological polar surface area (TPSA) is 3.24 Å². The molecule has 0 heterocycles. The van der Waals surface area contributed by atoms with Crippen molar-refractivity contribution in [2.75, 3.05) is 4.90 Å². The Morgan fingerprint density at radius 1 is 0.232 bits per heavy atom. The summed E-state index contributed by atoms with van der Waals surface area (Å²) in [6.07, 6.45) is 0. The van der Waals surface area contributed by atoms with E-state index in [1.807, 2.05) is 0 Å². The van der Waals surface area contributed by atoms with E-state index in [1.165, 1.54) is 77.9 Å². The van der Waals surface area contributed by atoms with E-state index in [0.717, 1.165) is 17.1 Å². The van der Waals surface area contributed by atoms with E-state index in [4.69, 9.17) is 0 Å². The zero-order chi connectivity index (χ0) is 37.1. The first kappa shape index (κ1) is 32.2. The third-order valence-electron chi connectivity index (χ3n) is 11.9. The van der Waals surface area contributed by atoms with Crippen LogP contribution in [-0.4, -0.2) is 0 Å². The van der Waals surface area contributed by atoms with Crippen LogP contribution in [0.25, 0.3) is 55.6 Å². The molecule has 1 heteroatoms. The van der Waals surface area contributed by atoms with E-state index in [1.54, 1.807) is 0 Å². The summed E-state index contributed by atoms with van der Waals surface area (Å²) in [5, 5.41) is 0. The number of anilines is 3. The smallest absolute Gasteiger partial charge is 0.0725 e. The maximum absolute atomic E-state index is 2.44. The lowest BCUT2D eigenvalue weighted by Gasteiger charge is -2.36. The molecular formula is C55H37N. The standard InChI is InChI=1S/C55H37N/c1-3-15-38(16-4-1)39-27-29-40(30-28-39)41-31-33-43(34-32-41)56(42-17-5-2-6-18-42)44-35-36-54-50(37-44)46-20-8-7-19-45(46)47-21-9-12-24-51(47)55(54)52-25-13-10-22-48(52)49-23-11-14-26-53(49)55/h1-37H. The highest BCUT2D eigenvalue weighted by Crippen LogP contribution is 2.61. The molecule has 2 aliphatic carbocycles. The maximum Gasteiger partial charge on any atom is 0.0725 e. The molecule has 11 rings (SSSR count). The lowest BCUT2D eigenvalue weighted by Crippen LogP contribution is -2.29. The van der Waals surface area contributed by atoms with Crippen LogP contribution in [0.1, 0.15) is 22.3 Å². The van der Waals surface area contributed by atoms with Crippen LogP contribution < -0.4 is 4.90 Å². The summed E-state index contributed by atoms with van der Waals surface area (Å²) in [6, 6.07) is 82.6. The van der Waals surface area contributed by atoms with Crippen molar-refractivity contribution in [3.05, 3.63) is 247 Å². The van der Waals surface area contributed by atoms with E-state index in [0.29, 0.717) is 0 Å². The van der Waals surface area contributed by atoms with Gasteiger partial charge in [-0.25, -0.2) is 0 Å². The Morgan fingerprint density at radius 3 is 1.11 bits per heavy atom. The summed E-state index contributed by atoms with van der Waals surface area (Å²) < 4.78 is 0. The molecule has 262 valence electrons. The number of fused-ring (bicyclic) bond motifs is 12. The summed E-state index contributed by atoms with van der Waals surface area (Å²) >= 11 is 0. The largest absolute Gasteiger partial charge is 0.310 e. The average molecular weight is 712 g/mol. The highest BCUT2D eigenvalue weighted by atomic mass is 15.1. The summed E-state index contributed by atoms with van der Waals surface area (Å²) in [5.41, 5.74) is 20.6. The summed E-state index contributed by atoms with van der Waals surface area (Å²) in [4.78, 5) is 2.40. The van der Waals surface area contributed by atoms with E-state index in [9.17, 15) is 0 Å². The van der Waals surface area contributed by atoms with Crippen LogP contribution in [0.15, 0.2) is 224 Å². The van der Waals surface area contributed by atoms with E-state index in [-0.39, 0.29) is 0 Å². The number of benzene rings is 9. The third kappa shape index (κ3) is 4.88. The fourth-order valence-corrected chi connectivity index (χ4v) is 9.49. The fourth-order valence-electron chi connectivity index (χ4n) is 9.49. The van der Waals surface area contributed by atoms with Crippen LogP contribution in [-0.2, 0) is 5.41 Å². The molecule has 56 heavy (non-hydrogen) atoms. The fraction of sp³-hybridized carbons (Fsp3) is 0.0182. The van der Waals surface area contributed by atoms with Crippen molar-refractivity contribution in [2.45, 2.75) is 5.41 Å². The van der Waals surface area contributed by atoms with Crippen LogP contribution in [0.4, 0.5) is 17.1 Å². The van der Waals surface area contributed by atoms with Gasteiger partial charge in [-0.3, -0.25) is 0 Å². The Kier molecular flexibility index (Phi) is 7.47. The van der Waals surface area contributed by atoms with Gasteiger partial charge in [0, 0.05) is 17.1 Å². The maximum atomic E-state index is 2.44. The van der Waals surface area contributed by atoms with Crippen molar-refractivity contribution in [1.29, 1.82) is 0 Å². The molecule has 9 aromatic carbocycles. The van der Waals surface area contributed by atoms with Gasteiger partial charge in [-0.2, -0.15) is 0 Å². The van der Waals surface area contributed by atoms with Crippen molar-refractivity contribution >= 4 is 17.1 Å². The molecule has 0 N–H and O–H groups in total. The third-order valence-corrected chi connectivity index (χ3v) is 11.9. The summed E-state index contributed by atoms with van der Waals surface area (Å²) in [7, 11) is 0. The molecule has 0 aromatic heterocycles. The first-order chi connectivity index (χ1) is 27.8. The molecule has 0 amide bonds. The van der Waals surface area contributed by atoms with Gasteiger partial charge >= 0.3 is 0 Å². The van der Waals surface area contributed by atoms with Crippen LogP contribution in [0, 0.1) is 0 Å². The molecule has 0 saturated carbocycles. The number of para-hydroxylation sites is 1. The number of hydrogen-bond acceptors (Lipinski definition) is 1. The van der Waals surface area contributed by atoms with Gasteiger partial charge in [-0.05, 0) is 114 Å². The summed E-state index contributed by atoms with van der Waals surface area (Å²) in [6.45, 7) is 0. The molecule has 0 atom stereocenters. The van der Waals surface area contributed by atoms with Crippen molar-refractivity contribution in [2.24, 2.45) is 0 Å². The number of rotatable bonds is 5. The predicted molar refractivity (Wildman–Crippen MR) is 234 cm³/mol. The van der Waals surface area contributed by atoms with Crippen LogP contribution in [0.5, 0.6) is 0 Å². The Labute approximate surface area is 328 Å². The van der Waals surface area contributed by atoms with Gasteiger partial charge < -0.3 is 4.90 Å². The van der Waals surface area contributed by atoms with Crippen LogP contribution >= 0.6 is 0 Å². The second-order valence-electron chi connectivity index (χ2n) is 14.8. The van der Waals surface area contributed by atoms with E-state index >= 15 is 0 Å². The van der Waals surface area contributed by atoms with Crippen LogP contribution in [0.3, 0.4) is 0 Å². The molecule has 0 unspecified atom stereocenters. The first-order valence-electron chi connectivity index (χ1n) is 19.4. The average Bonchev–Trinajstić information content (AvgIpc) is 3.52. The molecular weight excluding hydrogens is 675 g/mol. The molecule has 9 aromatic rings. The van der Waals surface area contributed by atoms with Gasteiger partial charge in [-0.1, -0.05) is 188 Å². The Balaban J connectivity index is 1.10. The lowest BCUT2D eigenvalue weighted by atomic mass is 9.66. The highest BCUT2D eigenvalue weighted by molar-refractivity contribution is 5.98. The second-order valence-corrected chi connectivity index (χ2v) is 14.8. The second kappa shape index (κ2) is 13.0. The van der Waals surface area contributed by atoms with Gasteiger partial charge in [0.25, 0.3) is 0 Å². The van der Waals surface area contributed by atoms with Gasteiger partial charge in [0.1, 0.15) is 0 Å². The van der Waals surface area contributed by atoms with Gasteiger partial charge in [0.2, 0.25) is 0 Å². The van der Waals surface area contributed by atoms with Crippen molar-refractivity contribution in [1.82, 2.24) is 0 Å². The minimum absolute atomic E-state index is 0.494. The monoisotopic (exact) mass is 711 g/mol. The number of nitrogens with zero attached hydrogens (tertiary/aromatic N) is 1. The molecule has 0 aliphatic heterocycles. The van der Waals surface area contributed by atoms with Crippen molar-refractivity contribution in [3.63, 3.8) is 0 Å². The Morgan fingerprint density at radius 2 is 0.571 bits per heavy atom. The highest BCUT2D eigenvalue weighted by Gasteiger charge is 2.49. The van der Waals surface area contributed by atoms with E-state index in [2.05, 4.69) is 229 Å². The normalized spacial score (nSPS) is 12.8. The van der Waals surface area contributed by atoms with Crippen molar-refractivity contribution < 1.29 is 0 Å². The van der Waals surface area contributed by atoms with E-state index < -0.39 is 5.41 Å². The Hall–Kier alpha value is -7.22. The molecule has 1 nitrogen and oxygen atoms in total. The SMILES string of the molecule is c1ccc(-c2ccc(-c3ccc(N(c4ccccc4)c4ccc5c(c4)-c4ccccc4-c4ccccc4C54c5ccccc5-c5ccccc54)cc3)cc2)cc1. The van der Waals surface area contributed by atoms with Crippen molar-refractivity contribution in [3.8, 4) is 55.6 Å². The molecule has 0 fully saturated rings. The quantitative estimate of drug-likeness (QED) is 0.172. The Bertz CT molecular complexity index is 2840. The molecule has 0 bridgehead atoms. The van der Waals surface area contributed by atoms with Gasteiger partial charge in [-0.15, -0.1) is 0 Å². The zero-order valence-corrected chi connectivity index (χ0v) is 30.8. The zero-order valence-electron chi connectivity index (χ0n) is 30.8. The summed E-state index contributed by atoms with van der Waals surface area (Å²) in [5.74, 6) is 0. The first-order valence-corrected chi connectivity index (χ1v) is 19.4. The van der Waals surface area contributed by atoms with Crippen LogP contribution in [0.2, 0.25) is 0 Å². The van der Waals surface area contributed by atoms with Gasteiger partial charge in [0.15, 0.2) is 0 Å². The minimum atomic E-state index is -0.494. The molecule has 1 spiro atoms. The molecule has 0 saturated heterocycles. The van der Waals surface area contributed by atoms with Gasteiger partial charge in [0.05, 0.1) is 5.41 Å². The number of hydrogen-bond donors (Lipinski definition) is 0. The minimum Gasteiger partial charge on any atom is -0.310 e. The molecule has 2 aliphatic rings. The molecule has 0 radical (unpaired) electrons. The predicted octanol–water partition coefficient (Wildman–Crippen LogP) is 14.5. The lowest BCUT2D eigenvalue weighted by molar-refractivity contribution is 0.775.